The van der Waals surface area contributed by atoms with Crippen LogP contribution >= 0.6 is 0 Å². The second-order valence-electron chi connectivity index (χ2n) is 3.54. The van der Waals surface area contributed by atoms with Crippen molar-refractivity contribution >= 4 is 10.9 Å². The summed E-state index contributed by atoms with van der Waals surface area (Å²) in [6.45, 7) is -0.205. The van der Waals surface area contributed by atoms with Crippen molar-refractivity contribution < 1.29 is 5.11 Å². The number of fused-ring (bicyclic) bond motifs is 1. The summed E-state index contributed by atoms with van der Waals surface area (Å²) in [5.41, 5.74) is -0.155. The average Bonchev–Trinajstić information content (AvgIpc) is 2.32. The van der Waals surface area contributed by atoms with Crippen molar-refractivity contribution in [1.29, 1.82) is 0 Å². The summed E-state index contributed by atoms with van der Waals surface area (Å²) in [6.07, 6.45) is 0. The van der Waals surface area contributed by atoms with Gasteiger partial charge in [0.05, 0.1) is 24.1 Å². The zero-order chi connectivity index (χ0) is 11.7. The smallest absolute Gasteiger partial charge is 0.331 e. The Hall–Kier alpha value is -1.88. The average molecular weight is 220 g/mol. The van der Waals surface area contributed by atoms with Crippen molar-refractivity contribution in [2.24, 2.45) is 7.05 Å². The number of aliphatic hydroxyl groups is 1. The molecule has 0 amide bonds. The highest BCUT2D eigenvalue weighted by molar-refractivity contribution is 5.77. The van der Waals surface area contributed by atoms with Crippen LogP contribution in [0.3, 0.4) is 0 Å². The summed E-state index contributed by atoms with van der Waals surface area (Å²) in [7, 11) is 1.61. The van der Waals surface area contributed by atoms with Crippen molar-refractivity contribution in [1.82, 2.24) is 9.13 Å². The molecule has 1 aromatic carbocycles. The highest BCUT2D eigenvalue weighted by Crippen LogP contribution is 2.05. The molecule has 0 radical (unpaired) electrons. The number of rotatable bonds is 2. The molecule has 2 rings (SSSR count). The molecular formula is C11H12N2O3. The Morgan fingerprint density at radius 3 is 2.62 bits per heavy atom. The molecule has 0 aliphatic carbocycles. The summed E-state index contributed by atoms with van der Waals surface area (Å²) >= 11 is 0. The van der Waals surface area contributed by atoms with Gasteiger partial charge in [-0.1, -0.05) is 12.1 Å². The van der Waals surface area contributed by atoms with Crippen LogP contribution in [0.25, 0.3) is 10.9 Å². The first-order valence-electron chi connectivity index (χ1n) is 4.96. The molecule has 1 heterocycles. The van der Waals surface area contributed by atoms with Gasteiger partial charge < -0.3 is 5.11 Å². The molecule has 0 spiro atoms. The van der Waals surface area contributed by atoms with Gasteiger partial charge in [0.2, 0.25) is 0 Å². The summed E-state index contributed by atoms with van der Waals surface area (Å²) in [5, 5.41) is 9.31. The third kappa shape index (κ3) is 1.45. The topological polar surface area (TPSA) is 64.2 Å². The molecule has 1 N–H and O–H groups in total. The Bertz CT molecular complexity index is 640. The lowest BCUT2D eigenvalue weighted by molar-refractivity contribution is 0.271. The quantitative estimate of drug-likeness (QED) is 0.755. The van der Waals surface area contributed by atoms with Gasteiger partial charge in [-0.25, -0.2) is 4.79 Å². The van der Waals surface area contributed by atoms with Gasteiger partial charge >= 0.3 is 5.69 Å². The second-order valence-corrected chi connectivity index (χ2v) is 3.54. The fourth-order valence-electron chi connectivity index (χ4n) is 1.76. The number of aryl methyl sites for hydroxylation is 1. The van der Waals surface area contributed by atoms with E-state index in [-0.39, 0.29) is 18.7 Å². The number of benzene rings is 1. The molecule has 0 saturated carbocycles. The second kappa shape index (κ2) is 3.94. The minimum atomic E-state index is -0.405. The fraction of sp³-hybridized carbons (Fsp3) is 0.273. The van der Waals surface area contributed by atoms with E-state index in [1.54, 1.807) is 31.3 Å². The third-order valence-electron chi connectivity index (χ3n) is 2.58. The molecule has 5 heteroatoms. The first kappa shape index (κ1) is 10.6. The maximum Gasteiger partial charge on any atom is 0.331 e. The maximum absolute atomic E-state index is 11.9. The molecule has 0 atom stereocenters. The molecule has 5 nitrogen and oxygen atoms in total. The number of hydrogen-bond acceptors (Lipinski definition) is 3. The predicted octanol–water partition coefficient (Wildman–Crippen LogP) is -0.308. The zero-order valence-corrected chi connectivity index (χ0v) is 8.88. The van der Waals surface area contributed by atoms with Crippen LogP contribution in [-0.2, 0) is 13.6 Å². The highest BCUT2D eigenvalue weighted by Gasteiger charge is 2.09. The van der Waals surface area contributed by atoms with Gasteiger partial charge in [0.25, 0.3) is 5.56 Å². The predicted molar refractivity (Wildman–Crippen MR) is 60.5 cm³/mol. The van der Waals surface area contributed by atoms with E-state index in [2.05, 4.69) is 0 Å². The molecule has 1 aromatic heterocycles. The maximum atomic E-state index is 11.9. The van der Waals surface area contributed by atoms with E-state index in [1.807, 2.05) is 0 Å². The van der Waals surface area contributed by atoms with E-state index >= 15 is 0 Å². The summed E-state index contributed by atoms with van der Waals surface area (Å²) in [6, 6.07) is 6.92. The third-order valence-corrected chi connectivity index (χ3v) is 2.58. The largest absolute Gasteiger partial charge is 0.395 e. The number of nitrogens with zero attached hydrogens (tertiary/aromatic N) is 2. The number of aliphatic hydroxyl groups excluding tert-OH is 1. The Labute approximate surface area is 91.2 Å². The van der Waals surface area contributed by atoms with Crippen molar-refractivity contribution in [2.75, 3.05) is 6.61 Å². The molecule has 2 aromatic rings. The van der Waals surface area contributed by atoms with Gasteiger partial charge in [-0.2, -0.15) is 0 Å². The van der Waals surface area contributed by atoms with E-state index in [0.29, 0.717) is 10.9 Å². The lowest BCUT2D eigenvalue weighted by Gasteiger charge is -2.08. The first-order chi connectivity index (χ1) is 7.66. The number of aromatic nitrogens is 2. The summed E-state index contributed by atoms with van der Waals surface area (Å²) in [5.74, 6) is 0. The van der Waals surface area contributed by atoms with Gasteiger partial charge in [0.15, 0.2) is 0 Å². The van der Waals surface area contributed by atoms with Crippen LogP contribution in [0.4, 0.5) is 0 Å². The fourth-order valence-corrected chi connectivity index (χ4v) is 1.76. The lowest BCUT2D eigenvalue weighted by atomic mass is 10.2. The SMILES string of the molecule is Cn1c(=O)n(CCO)c(=O)c2ccccc21. The molecular weight excluding hydrogens is 208 g/mol. The minimum Gasteiger partial charge on any atom is -0.395 e. The Morgan fingerprint density at radius 2 is 1.94 bits per heavy atom. The van der Waals surface area contributed by atoms with E-state index in [4.69, 9.17) is 5.11 Å². The van der Waals surface area contributed by atoms with E-state index in [9.17, 15) is 9.59 Å². The number of para-hydroxylation sites is 1. The van der Waals surface area contributed by atoms with Gasteiger partial charge in [0, 0.05) is 7.05 Å². The summed E-state index contributed by atoms with van der Waals surface area (Å²) in [4.78, 5) is 23.7. The Kier molecular flexibility index (Phi) is 2.62. The molecule has 0 unspecified atom stereocenters. The van der Waals surface area contributed by atoms with Crippen LogP contribution in [-0.4, -0.2) is 20.8 Å². The summed E-state index contributed by atoms with van der Waals surface area (Å²) < 4.78 is 2.45. The van der Waals surface area contributed by atoms with Crippen LogP contribution in [0.2, 0.25) is 0 Å². The van der Waals surface area contributed by atoms with E-state index in [0.717, 1.165) is 4.57 Å². The molecule has 0 aliphatic heterocycles. The molecule has 84 valence electrons. The van der Waals surface area contributed by atoms with Crippen LogP contribution < -0.4 is 11.2 Å². The van der Waals surface area contributed by atoms with Gasteiger partial charge in [-0.3, -0.25) is 13.9 Å². The molecule has 0 aliphatic rings. The van der Waals surface area contributed by atoms with Gasteiger partial charge in [-0.05, 0) is 12.1 Å². The van der Waals surface area contributed by atoms with Crippen molar-refractivity contribution in [2.45, 2.75) is 6.54 Å². The van der Waals surface area contributed by atoms with Crippen LogP contribution in [0.15, 0.2) is 33.9 Å². The minimum absolute atomic E-state index is 0.0241. The van der Waals surface area contributed by atoms with Crippen molar-refractivity contribution in [3.8, 4) is 0 Å². The van der Waals surface area contributed by atoms with Crippen LogP contribution in [0, 0.1) is 0 Å². The van der Waals surface area contributed by atoms with E-state index < -0.39 is 5.69 Å². The number of hydrogen-bond donors (Lipinski definition) is 1. The zero-order valence-electron chi connectivity index (χ0n) is 8.88. The molecule has 0 bridgehead atoms. The monoisotopic (exact) mass is 220 g/mol. The Balaban J connectivity index is 2.95. The first-order valence-corrected chi connectivity index (χ1v) is 4.96. The molecule has 0 saturated heterocycles. The van der Waals surface area contributed by atoms with E-state index in [1.165, 1.54) is 4.57 Å². The standard InChI is InChI=1S/C11H12N2O3/c1-12-9-5-3-2-4-8(9)10(15)13(6-7-14)11(12)16/h2-5,14H,6-7H2,1H3. The lowest BCUT2D eigenvalue weighted by Crippen LogP contribution is -2.39. The van der Waals surface area contributed by atoms with Crippen LogP contribution in [0.1, 0.15) is 0 Å². The van der Waals surface area contributed by atoms with Crippen molar-refractivity contribution in [3.63, 3.8) is 0 Å². The van der Waals surface area contributed by atoms with Crippen molar-refractivity contribution in [3.05, 3.63) is 45.1 Å². The van der Waals surface area contributed by atoms with Gasteiger partial charge in [-0.15, -0.1) is 0 Å². The normalized spacial score (nSPS) is 10.9. The molecule has 0 fully saturated rings. The molecule has 16 heavy (non-hydrogen) atoms. The Morgan fingerprint density at radius 1 is 1.25 bits per heavy atom. The van der Waals surface area contributed by atoms with Gasteiger partial charge in [0.1, 0.15) is 0 Å². The highest BCUT2D eigenvalue weighted by atomic mass is 16.3. The van der Waals surface area contributed by atoms with Crippen LogP contribution in [0.5, 0.6) is 0 Å².